The van der Waals surface area contributed by atoms with E-state index in [0.717, 1.165) is 25.6 Å². The van der Waals surface area contributed by atoms with Crippen LogP contribution in [0.25, 0.3) is 0 Å². The zero-order valence-corrected chi connectivity index (χ0v) is 7.21. The maximum absolute atomic E-state index is 5.65. The lowest BCUT2D eigenvalue weighted by molar-refractivity contribution is 0.106. The van der Waals surface area contributed by atoms with Crippen LogP contribution in [-0.4, -0.2) is 50.8 Å². The Morgan fingerprint density at radius 1 is 1.36 bits per heavy atom. The predicted octanol–water partition coefficient (Wildman–Crippen LogP) is -0.465. The van der Waals surface area contributed by atoms with Gasteiger partial charge in [0.15, 0.2) is 0 Å². The molecule has 0 radical (unpaired) electrons. The van der Waals surface area contributed by atoms with Crippen LogP contribution in [0.4, 0.5) is 0 Å². The van der Waals surface area contributed by atoms with Crippen molar-refractivity contribution in [2.24, 2.45) is 5.92 Å². The average Bonchev–Trinajstić information content (AvgIpc) is 2.41. The summed E-state index contributed by atoms with van der Waals surface area (Å²) < 4.78 is 5.65. The molecule has 0 aromatic carbocycles. The molecule has 2 rings (SSSR count). The number of hydrogen-bond donors (Lipinski definition) is 1. The molecular weight excluding hydrogens is 140 g/mol. The van der Waals surface area contributed by atoms with Crippen LogP contribution < -0.4 is 5.32 Å². The number of nitrogens with one attached hydrogen (secondary N) is 1. The summed E-state index contributed by atoms with van der Waals surface area (Å²) in [4.78, 5) is 2.28. The van der Waals surface area contributed by atoms with Crippen molar-refractivity contribution in [3.05, 3.63) is 0 Å². The van der Waals surface area contributed by atoms with Crippen LogP contribution in [0.1, 0.15) is 0 Å². The quantitative estimate of drug-likeness (QED) is 0.556. The Hall–Kier alpha value is -0.120. The summed E-state index contributed by atoms with van der Waals surface area (Å²) >= 11 is 0. The van der Waals surface area contributed by atoms with Gasteiger partial charge in [-0.3, -0.25) is 0 Å². The molecule has 0 saturated carbocycles. The van der Waals surface area contributed by atoms with Crippen LogP contribution in [0.2, 0.25) is 0 Å². The van der Waals surface area contributed by atoms with Crippen LogP contribution in [0.5, 0.6) is 0 Å². The number of fused-ring (bicyclic) bond motifs is 1. The van der Waals surface area contributed by atoms with Gasteiger partial charge in [0.2, 0.25) is 0 Å². The summed E-state index contributed by atoms with van der Waals surface area (Å²) in [5.74, 6) is 0.727. The molecule has 11 heavy (non-hydrogen) atoms. The minimum absolute atomic E-state index is 0.488. The second-order valence-corrected chi connectivity index (χ2v) is 3.72. The maximum atomic E-state index is 5.65. The highest BCUT2D eigenvalue weighted by molar-refractivity contribution is 4.95. The first-order valence-corrected chi connectivity index (χ1v) is 4.28. The summed E-state index contributed by atoms with van der Waals surface area (Å²) in [6.45, 7) is 3.10. The molecule has 2 saturated heterocycles. The van der Waals surface area contributed by atoms with Gasteiger partial charge in [0.25, 0.3) is 0 Å². The van der Waals surface area contributed by atoms with Gasteiger partial charge >= 0.3 is 0 Å². The number of nitrogens with zero attached hydrogens (tertiary/aromatic N) is 1. The van der Waals surface area contributed by atoms with Gasteiger partial charge in [0.05, 0.1) is 12.7 Å². The van der Waals surface area contributed by atoms with Crippen LogP contribution in [0.3, 0.4) is 0 Å². The van der Waals surface area contributed by atoms with Crippen molar-refractivity contribution in [1.29, 1.82) is 0 Å². The Labute approximate surface area is 67.7 Å². The molecule has 3 nitrogen and oxygen atoms in total. The van der Waals surface area contributed by atoms with E-state index in [9.17, 15) is 0 Å². The van der Waals surface area contributed by atoms with E-state index in [1.807, 2.05) is 0 Å². The minimum atomic E-state index is 0.488. The Kier molecular flexibility index (Phi) is 1.87. The van der Waals surface area contributed by atoms with E-state index in [1.165, 1.54) is 0 Å². The van der Waals surface area contributed by atoms with E-state index in [4.69, 9.17) is 4.74 Å². The molecule has 1 N–H and O–H groups in total. The highest BCUT2D eigenvalue weighted by atomic mass is 16.5. The molecule has 2 fully saturated rings. The van der Waals surface area contributed by atoms with Crippen molar-refractivity contribution < 1.29 is 4.74 Å². The first-order valence-electron chi connectivity index (χ1n) is 4.28. The van der Waals surface area contributed by atoms with Crippen LogP contribution in [0.15, 0.2) is 0 Å². The molecule has 3 heteroatoms. The van der Waals surface area contributed by atoms with E-state index in [2.05, 4.69) is 24.3 Å². The first kappa shape index (κ1) is 7.53. The summed E-state index contributed by atoms with van der Waals surface area (Å²) in [5, 5.41) is 3.36. The van der Waals surface area contributed by atoms with Crippen molar-refractivity contribution in [2.75, 3.05) is 33.8 Å². The lowest BCUT2D eigenvalue weighted by Crippen LogP contribution is -2.36. The topological polar surface area (TPSA) is 24.5 Å². The number of likely N-dealkylation sites (N-methyl/N-ethyl adjacent to an activating group) is 1. The molecule has 2 heterocycles. The highest BCUT2D eigenvalue weighted by Crippen LogP contribution is 2.26. The molecule has 3 atom stereocenters. The van der Waals surface area contributed by atoms with Crippen LogP contribution in [-0.2, 0) is 4.74 Å². The Morgan fingerprint density at radius 3 is 2.91 bits per heavy atom. The molecule has 2 aliphatic heterocycles. The molecule has 64 valence electrons. The largest absolute Gasteiger partial charge is 0.375 e. The smallest absolute Gasteiger partial charge is 0.0756 e. The normalized spacial score (nSPS) is 43.4. The summed E-state index contributed by atoms with van der Waals surface area (Å²) in [6.07, 6.45) is 0.488. The first-order chi connectivity index (χ1) is 5.29. The number of hydrogen-bond acceptors (Lipinski definition) is 3. The SMILES string of the molecule is CN(C)C1CO[C@@H]2CNCC12. The molecular formula is C8H16N2O. The van der Waals surface area contributed by atoms with Gasteiger partial charge in [-0.2, -0.15) is 0 Å². The van der Waals surface area contributed by atoms with E-state index in [-0.39, 0.29) is 0 Å². The Morgan fingerprint density at radius 2 is 2.18 bits per heavy atom. The van der Waals surface area contributed by atoms with Crippen LogP contribution in [0, 0.1) is 5.92 Å². The Bertz CT molecular complexity index is 149. The van der Waals surface area contributed by atoms with E-state index in [1.54, 1.807) is 0 Å². The molecule has 2 aliphatic rings. The van der Waals surface area contributed by atoms with Crippen LogP contribution >= 0.6 is 0 Å². The van der Waals surface area contributed by atoms with Crippen molar-refractivity contribution in [3.63, 3.8) is 0 Å². The van der Waals surface area contributed by atoms with E-state index >= 15 is 0 Å². The molecule has 0 amide bonds. The van der Waals surface area contributed by atoms with E-state index < -0.39 is 0 Å². The Balaban J connectivity index is 2.03. The third-order valence-electron chi connectivity index (χ3n) is 2.84. The molecule has 0 spiro atoms. The van der Waals surface area contributed by atoms with Gasteiger partial charge in [-0.25, -0.2) is 0 Å². The number of rotatable bonds is 1. The standard InChI is InChI=1S/C8H16N2O/c1-10(2)7-5-11-8-4-9-3-6(7)8/h6-9H,3-5H2,1-2H3/t6?,7?,8-/m1/s1. The van der Waals surface area contributed by atoms with Crippen molar-refractivity contribution in [2.45, 2.75) is 12.1 Å². The lowest BCUT2D eigenvalue weighted by Gasteiger charge is -2.22. The van der Waals surface area contributed by atoms with Gasteiger partial charge < -0.3 is 15.0 Å². The zero-order chi connectivity index (χ0) is 7.84. The third kappa shape index (κ3) is 1.17. The van der Waals surface area contributed by atoms with Crippen molar-refractivity contribution in [3.8, 4) is 0 Å². The minimum Gasteiger partial charge on any atom is -0.375 e. The summed E-state index contributed by atoms with van der Waals surface area (Å²) in [6, 6.07) is 0.634. The highest BCUT2D eigenvalue weighted by Gasteiger charge is 2.41. The summed E-state index contributed by atoms with van der Waals surface area (Å²) in [5.41, 5.74) is 0. The van der Waals surface area contributed by atoms with Gasteiger partial charge in [-0.1, -0.05) is 0 Å². The fraction of sp³-hybridized carbons (Fsp3) is 1.00. The van der Waals surface area contributed by atoms with Gasteiger partial charge in [0, 0.05) is 25.0 Å². The third-order valence-corrected chi connectivity index (χ3v) is 2.84. The fourth-order valence-corrected chi connectivity index (χ4v) is 2.12. The lowest BCUT2D eigenvalue weighted by atomic mass is 10.00. The second-order valence-electron chi connectivity index (χ2n) is 3.72. The fourth-order valence-electron chi connectivity index (χ4n) is 2.12. The molecule has 2 unspecified atom stereocenters. The monoisotopic (exact) mass is 156 g/mol. The molecule has 0 aliphatic carbocycles. The van der Waals surface area contributed by atoms with Gasteiger partial charge in [0.1, 0.15) is 0 Å². The van der Waals surface area contributed by atoms with Gasteiger partial charge in [-0.15, -0.1) is 0 Å². The molecule has 0 bridgehead atoms. The van der Waals surface area contributed by atoms with Crippen molar-refractivity contribution >= 4 is 0 Å². The molecule has 0 aromatic heterocycles. The maximum Gasteiger partial charge on any atom is 0.0756 e. The number of ether oxygens (including phenoxy) is 1. The zero-order valence-electron chi connectivity index (χ0n) is 7.21. The average molecular weight is 156 g/mol. The summed E-state index contributed by atoms with van der Waals surface area (Å²) in [7, 11) is 4.27. The van der Waals surface area contributed by atoms with E-state index in [0.29, 0.717) is 12.1 Å². The van der Waals surface area contributed by atoms with Gasteiger partial charge in [-0.05, 0) is 14.1 Å². The van der Waals surface area contributed by atoms with Crippen molar-refractivity contribution in [1.82, 2.24) is 10.2 Å². The molecule has 0 aromatic rings. The second kappa shape index (κ2) is 2.73. The predicted molar refractivity (Wildman–Crippen MR) is 43.6 cm³/mol.